The number of furan rings is 1. The lowest BCUT2D eigenvalue weighted by Gasteiger charge is -2.25. The van der Waals surface area contributed by atoms with E-state index in [1.807, 2.05) is 0 Å². The van der Waals surface area contributed by atoms with Gasteiger partial charge in [0.15, 0.2) is 11.5 Å². The van der Waals surface area contributed by atoms with E-state index in [2.05, 4.69) is 5.32 Å². The second-order valence-electron chi connectivity index (χ2n) is 8.90. The average Bonchev–Trinajstić information content (AvgIpc) is 3.31. The molecule has 5 rings (SSSR count). The molecule has 7 nitrogen and oxygen atoms in total. The lowest BCUT2D eigenvalue weighted by molar-refractivity contribution is 0.0997. The molecular formula is C28H25FN2O5S. The Labute approximate surface area is 213 Å². The van der Waals surface area contributed by atoms with Crippen LogP contribution in [-0.2, 0) is 10.0 Å². The molecular weight excluding hydrogens is 495 g/mol. The fourth-order valence-electron chi connectivity index (χ4n) is 4.45. The molecule has 0 spiro atoms. The molecule has 190 valence electrons. The highest BCUT2D eigenvalue weighted by molar-refractivity contribution is 7.89. The maximum absolute atomic E-state index is 13.3. The number of ketones is 2. The Hall–Kier alpha value is -3.82. The number of piperidine rings is 1. The Balaban J connectivity index is 1.35. The summed E-state index contributed by atoms with van der Waals surface area (Å²) in [5, 5.41) is 3.66. The maximum Gasteiger partial charge on any atom is 0.243 e. The quantitative estimate of drug-likeness (QED) is 0.318. The molecule has 1 aromatic heterocycles. The van der Waals surface area contributed by atoms with Crippen molar-refractivity contribution in [1.82, 2.24) is 4.31 Å². The first-order valence-electron chi connectivity index (χ1n) is 12.0. The number of para-hydroxylation sites is 1. The first kappa shape index (κ1) is 24.9. The van der Waals surface area contributed by atoms with Gasteiger partial charge >= 0.3 is 0 Å². The summed E-state index contributed by atoms with van der Waals surface area (Å²) in [5.41, 5.74) is 1.42. The van der Waals surface area contributed by atoms with Gasteiger partial charge in [-0.05, 0) is 73.5 Å². The molecule has 1 fully saturated rings. The minimum atomic E-state index is -3.59. The number of carbonyl (C=O) groups excluding carboxylic acids is 2. The van der Waals surface area contributed by atoms with Crippen molar-refractivity contribution in [2.24, 2.45) is 0 Å². The molecule has 1 saturated heterocycles. The highest BCUT2D eigenvalue weighted by atomic mass is 32.2. The van der Waals surface area contributed by atoms with Crippen LogP contribution in [0.2, 0.25) is 0 Å². The third-order valence-corrected chi connectivity index (χ3v) is 8.38. The van der Waals surface area contributed by atoms with Crippen LogP contribution in [0.5, 0.6) is 0 Å². The Morgan fingerprint density at radius 1 is 0.865 bits per heavy atom. The zero-order chi connectivity index (χ0) is 26.0. The molecule has 37 heavy (non-hydrogen) atoms. The van der Waals surface area contributed by atoms with Crippen molar-refractivity contribution in [3.8, 4) is 0 Å². The zero-order valence-electron chi connectivity index (χ0n) is 19.9. The van der Waals surface area contributed by atoms with Crippen molar-refractivity contribution in [3.63, 3.8) is 0 Å². The number of sulfonamides is 1. The Bertz CT molecular complexity index is 1550. The van der Waals surface area contributed by atoms with E-state index in [9.17, 15) is 22.4 Å². The molecule has 2 heterocycles. The number of fused-ring (bicyclic) bond motifs is 1. The summed E-state index contributed by atoms with van der Waals surface area (Å²) in [6.07, 6.45) is 2.71. The number of nitrogens with one attached hydrogen (secondary N) is 1. The van der Waals surface area contributed by atoms with E-state index in [4.69, 9.17) is 4.42 Å². The van der Waals surface area contributed by atoms with E-state index in [0.717, 1.165) is 19.3 Å². The van der Waals surface area contributed by atoms with E-state index in [-0.39, 0.29) is 28.5 Å². The molecule has 4 aromatic rings. The number of Topliss-reactive ketones (excluding diaryl/α,β-unsaturated/α-hetero) is 1. The molecule has 0 aliphatic carbocycles. The average molecular weight is 521 g/mol. The fourth-order valence-corrected chi connectivity index (χ4v) is 5.97. The maximum atomic E-state index is 13.3. The standard InChI is InChI=1S/C28H25FN2O5S/c29-21-12-8-20(9-13-21)27(33)28-26(23-6-2-3-7-25(23)36-28)30-18-24(32)19-10-14-22(15-11-19)37(34,35)31-16-4-1-5-17-31/h2-3,6-15,30H,1,4-5,16-18H2. The van der Waals surface area contributed by atoms with Gasteiger partial charge in [0.25, 0.3) is 0 Å². The van der Waals surface area contributed by atoms with E-state index in [0.29, 0.717) is 35.3 Å². The Kier molecular flexibility index (Phi) is 6.90. The van der Waals surface area contributed by atoms with Crippen LogP contribution >= 0.6 is 0 Å². The number of nitrogens with zero attached hydrogens (tertiary/aromatic N) is 1. The van der Waals surface area contributed by atoms with Crippen LogP contribution < -0.4 is 5.32 Å². The summed E-state index contributed by atoms with van der Waals surface area (Å²) in [5.74, 6) is -1.17. The lowest BCUT2D eigenvalue weighted by Crippen LogP contribution is -2.35. The van der Waals surface area contributed by atoms with Gasteiger partial charge < -0.3 is 9.73 Å². The van der Waals surface area contributed by atoms with Gasteiger partial charge in [0, 0.05) is 29.6 Å². The van der Waals surface area contributed by atoms with Crippen molar-refractivity contribution >= 4 is 38.2 Å². The molecule has 3 aromatic carbocycles. The van der Waals surface area contributed by atoms with Gasteiger partial charge in [-0.3, -0.25) is 9.59 Å². The number of halogens is 1. The predicted molar refractivity (Wildman–Crippen MR) is 138 cm³/mol. The minimum Gasteiger partial charge on any atom is -0.450 e. The SMILES string of the molecule is O=C(CNc1c(C(=O)c2ccc(F)cc2)oc2ccccc12)c1ccc(S(=O)(=O)N2CCCCC2)cc1. The molecule has 0 atom stereocenters. The molecule has 9 heteroatoms. The molecule has 0 saturated carbocycles. The fraction of sp³-hybridized carbons (Fsp3) is 0.214. The molecule has 0 unspecified atom stereocenters. The normalized spacial score (nSPS) is 14.5. The van der Waals surface area contributed by atoms with Crippen molar-refractivity contribution < 1.29 is 26.8 Å². The van der Waals surface area contributed by atoms with Gasteiger partial charge in [-0.2, -0.15) is 4.31 Å². The Morgan fingerprint density at radius 3 is 2.22 bits per heavy atom. The van der Waals surface area contributed by atoms with Crippen LogP contribution in [0.25, 0.3) is 11.0 Å². The number of carbonyl (C=O) groups is 2. The molecule has 0 radical (unpaired) electrons. The van der Waals surface area contributed by atoms with E-state index >= 15 is 0 Å². The van der Waals surface area contributed by atoms with Gasteiger partial charge in [0.1, 0.15) is 11.4 Å². The number of rotatable bonds is 8. The number of anilines is 1. The van der Waals surface area contributed by atoms with Crippen LogP contribution in [-0.4, -0.2) is 43.9 Å². The third kappa shape index (κ3) is 5.05. The highest BCUT2D eigenvalue weighted by Crippen LogP contribution is 2.32. The second-order valence-corrected chi connectivity index (χ2v) is 10.8. The largest absolute Gasteiger partial charge is 0.450 e. The second kappa shape index (κ2) is 10.3. The van der Waals surface area contributed by atoms with Crippen molar-refractivity contribution in [2.75, 3.05) is 25.0 Å². The molecule has 0 amide bonds. The van der Waals surface area contributed by atoms with Gasteiger partial charge in [-0.25, -0.2) is 12.8 Å². The summed E-state index contributed by atoms with van der Waals surface area (Å²) < 4.78 is 46.4. The first-order chi connectivity index (χ1) is 17.8. The number of hydrogen-bond acceptors (Lipinski definition) is 6. The third-order valence-electron chi connectivity index (χ3n) is 6.46. The zero-order valence-corrected chi connectivity index (χ0v) is 20.8. The van der Waals surface area contributed by atoms with Crippen LogP contribution in [0, 0.1) is 5.82 Å². The van der Waals surface area contributed by atoms with E-state index in [1.54, 1.807) is 24.3 Å². The van der Waals surface area contributed by atoms with Crippen LogP contribution in [0.1, 0.15) is 45.7 Å². The summed E-state index contributed by atoms with van der Waals surface area (Å²) in [6, 6.07) is 18.1. The Morgan fingerprint density at radius 2 is 1.51 bits per heavy atom. The molecule has 0 bridgehead atoms. The van der Waals surface area contributed by atoms with Gasteiger partial charge in [0.2, 0.25) is 15.8 Å². The number of benzene rings is 3. The lowest BCUT2D eigenvalue weighted by atomic mass is 10.1. The monoisotopic (exact) mass is 520 g/mol. The number of hydrogen-bond donors (Lipinski definition) is 1. The molecule has 1 aliphatic heterocycles. The van der Waals surface area contributed by atoms with Crippen molar-refractivity contribution in [1.29, 1.82) is 0 Å². The van der Waals surface area contributed by atoms with Crippen molar-refractivity contribution in [3.05, 3.63) is 95.5 Å². The highest BCUT2D eigenvalue weighted by Gasteiger charge is 2.26. The summed E-state index contributed by atoms with van der Waals surface area (Å²) in [7, 11) is -3.59. The van der Waals surface area contributed by atoms with Gasteiger partial charge in [-0.15, -0.1) is 0 Å². The van der Waals surface area contributed by atoms with Crippen molar-refractivity contribution in [2.45, 2.75) is 24.2 Å². The van der Waals surface area contributed by atoms with Crippen LogP contribution in [0.4, 0.5) is 10.1 Å². The summed E-state index contributed by atoms with van der Waals surface area (Å²) >= 11 is 0. The smallest absolute Gasteiger partial charge is 0.243 e. The summed E-state index contributed by atoms with van der Waals surface area (Å²) in [4.78, 5) is 26.2. The first-order valence-corrected chi connectivity index (χ1v) is 13.5. The molecule has 1 aliphatic rings. The molecule has 1 N–H and O–H groups in total. The van der Waals surface area contributed by atoms with Crippen LogP contribution in [0.3, 0.4) is 0 Å². The van der Waals surface area contributed by atoms with Gasteiger partial charge in [0.05, 0.1) is 17.1 Å². The van der Waals surface area contributed by atoms with E-state index < -0.39 is 21.6 Å². The predicted octanol–water partition coefficient (Wildman–Crippen LogP) is 5.27. The minimum absolute atomic E-state index is 0.0172. The van der Waals surface area contributed by atoms with Crippen LogP contribution in [0.15, 0.2) is 82.1 Å². The van der Waals surface area contributed by atoms with Gasteiger partial charge in [-0.1, -0.05) is 18.6 Å². The summed E-state index contributed by atoms with van der Waals surface area (Å²) in [6.45, 7) is 0.862. The topological polar surface area (TPSA) is 96.7 Å². The van der Waals surface area contributed by atoms with E-state index in [1.165, 1.54) is 52.8 Å².